The minimum Gasteiger partial charge on any atom is -0.354 e. The zero-order valence-electron chi connectivity index (χ0n) is 10.3. The van der Waals surface area contributed by atoms with E-state index in [1.165, 1.54) is 25.7 Å². The van der Waals surface area contributed by atoms with Gasteiger partial charge >= 0.3 is 0 Å². The standard InChI is InChI=1S/C14H17N3S/c1-2-10-5-9(1)6-12(10)8-16-14-15-7-11-3-4-18-13(11)17-14/h3-4,7,9-10,12H,1-2,5-6,8H2,(H,15,16,17). The van der Waals surface area contributed by atoms with Crippen molar-refractivity contribution in [2.45, 2.75) is 25.7 Å². The van der Waals surface area contributed by atoms with E-state index in [9.17, 15) is 0 Å². The number of fused-ring (bicyclic) bond motifs is 3. The first kappa shape index (κ1) is 10.7. The lowest BCUT2D eigenvalue weighted by Gasteiger charge is -2.21. The highest BCUT2D eigenvalue weighted by Crippen LogP contribution is 2.48. The molecule has 2 bridgehead atoms. The zero-order valence-corrected chi connectivity index (χ0v) is 11.1. The third-order valence-electron chi connectivity index (χ3n) is 4.61. The summed E-state index contributed by atoms with van der Waals surface area (Å²) in [5, 5.41) is 6.65. The molecule has 2 aromatic rings. The largest absolute Gasteiger partial charge is 0.354 e. The summed E-state index contributed by atoms with van der Waals surface area (Å²) >= 11 is 1.68. The molecule has 0 spiro atoms. The zero-order chi connectivity index (χ0) is 11.9. The molecule has 0 aromatic carbocycles. The molecule has 0 radical (unpaired) electrons. The molecule has 0 amide bonds. The van der Waals surface area contributed by atoms with E-state index in [-0.39, 0.29) is 0 Å². The van der Waals surface area contributed by atoms with Crippen molar-refractivity contribution in [3.63, 3.8) is 0 Å². The third kappa shape index (κ3) is 1.79. The van der Waals surface area contributed by atoms with Crippen LogP contribution in [0.25, 0.3) is 10.2 Å². The molecule has 1 N–H and O–H groups in total. The molecule has 0 aliphatic heterocycles. The summed E-state index contributed by atoms with van der Waals surface area (Å²) in [6, 6.07) is 2.07. The average Bonchev–Trinajstić information content (AvgIpc) is 3.11. The normalized spacial score (nSPS) is 30.1. The molecule has 3 atom stereocenters. The third-order valence-corrected chi connectivity index (χ3v) is 5.44. The van der Waals surface area contributed by atoms with E-state index in [0.29, 0.717) is 0 Å². The molecular weight excluding hydrogens is 242 g/mol. The molecule has 2 aliphatic carbocycles. The van der Waals surface area contributed by atoms with E-state index < -0.39 is 0 Å². The van der Waals surface area contributed by atoms with Crippen molar-refractivity contribution in [1.29, 1.82) is 0 Å². The monoisotopic (exact) mass is 259 g/mol. The van der Waals surface area contributed by atoms with Crippen molar-refractivity contribution in [3.8, 4) is 0 Å². The Hall–Kier alpha value is -1.16. The number of rotatable bonds is 3. The maximum Gasteiger partial charge on any atom is 0.224 e. The molecule has 18 heavy (non-hydrogen) atoms. The van der Waals surface area contributed by atoms with Crippen molar-refractivity contribution in [2.75, 3.05) is 11.9 Å². The van der Waals surface area contributed by atoms with Gasteiger partial charge in [0, 0.05) is 18.1 Å². The fraction of sp³-hybridized carbons (Fsp3) is 0.571. The molecular formula is C14H17N3S. The minimum absolute atomic E-state index is 0.799. The molecule has 0 saturated heterocycles. The first-order chi connectivity index (χ1) is 8.88. The highest BCUT2D eigenvalue weighted by atomic mass is 32.1. The fourth-order valence-electron chi connectivity index (χ4n) is 3.69. The molecule has 3 nitrogen and oxygen atoms in total. The van der Waals surface area contributed by atoms with Gasteiger partial charge in [-0.25, -0.2) is 9.97 Å². The van der Waals surface area contributed by atoms with Crippen molar-refractivity contribution in [2.24, 2.45) is 17.8 Å². The van der Waals surface area contributed by atoms with Gasteiger partial charge in [-0.1, -0.05) is 6.42 Å². The second-order valence-electron chi connectivity index (χ2n) is 5.69. The van der Waals surface area contributed by atoms with Gasteiger partial charge in [0.05, 0.1) is 0 Å². The summed E-state index contributed by atoms with van der Waals surface area (Å²) in [5.41, 5.74) is 0. The Bertz CT molecular complexity index is 565. The van der Waals surface area contributed by atoms with E-state index in [0.717, 1.165) is 40.5 Å². The first-order valence-corrected chi connectivity index (χ1v) is 7.70. The van der Waals surface area contributed by atoms with Gasteiger partial charge in [0.15, 0.2) is 0 Å². The van der Waals surface area contributed by atoms with Gasteiger partial charge in [0.2, 0.25) is 5.95 Å². The van der Waals surface area contributed by atoms with Crippen LogP contribution in [0.4, 0.5) is 5.95 Å². The van der Waals surface area contributed by atoms with Crippen LogP contribution < -0.4 is 5.32 Å². The van der Waals surface area contributed by atoms with E-state index in [1.807, 2.05) is 6.20 Å². The van der Waals surface area contributed by atoms with Gasteiger partial charge in [0.25, 0.3) is 0 Å². The molecule has 2 aromatic heterocycles. The van der Waals surface area contributed by atoms with Gasteiger partial charge in [0.1, 0.15) is 4.83 Å². The second kappa shape index (κ2) is 4.19. The van der Waals surface area contributed by atoms with E-state index in [2.05, 4.69) is 26.7 Å². The number of thiophene rings is 1. The van der Waals surface area contributed by atoms with E-state index in [1.54, 1.807) is 11.3 Å². The molecule has 94 valence electrons. The molecule has 4 rings (SSSR count). The molecule has 2 aliphatic rings. The molecule has 2 saturated carbocycles. The van der Waals surface area contributed by atoms with Crippen molar-refractivity contribution < 1.29 is 0 Å². The van der Waals surface area contributed by atoms with E-state index in [4.69, 9.17) is 0 Å². The number of hydrogen-bond donors (Lipinski definition) is 1. The van der Waals surface area contributed by atoms with Crippen molar-refractivity contribution in [1.82, 2.24) is 9.97 Å². The fourth-order valence-corrected chi connectivity index (χ4v) is 4.43. The maximum atomic E-state index is 4.55. The summed E-state index contributed by atoms with van der Waals surface area (Å²) in [4.78, 5) is 10.0. The lowest BCUT2D eigenvalue weighted by atomic mass is 9.89. The number of nitrogens with one attached hydrogen (secondary N) is 1. The van der Waals surface area contributed by atoms with Crippen LogP contribution in [0.15, 0.2) is 17.6 Å². The van der Waals surface area contributed by atoms with Gasteiger partial charge in [-0.2, -0.15) is 0 Å². The lowest BCUT2D eigenvalue weighted by molar-refractivity contribution is 0.348. The molecule has 2 heterocycles. The van der Waals surface area contributed by atoms with Crippen LogP contribution in [0.5, 0.6) is 0 Å². The Balaban J connectivity index is 1.45. The number of aromatic nitrogens is 2. The first-order valence-electron chi connectivity index (χ1n) is 6.82. The van der Waals surface area contributed by atoms with Crippen LogP contribution in [0, 0.1) is 17.8 Å². The molecule has 3 unspecified atom stereocenters. The van der Waals surface area contributed by atoms with Crippen LogP contribution in [0.3, 0.4) is 0 Å². The molecule has 4 heteroatoms. The maximum absolute atomic E-state index is 4.55. The summed E-state index contributed by atoms with van der Waals surface area (Å²) in [6.45, 7) is 1.05. The lowest BCUT2D eigenvalue weighted by Crippen LogP contribution is -2.20. The second-order valence-corrected chi connectivity index (χ2v) is 6.59. The Morgan fingerprint density at radius 2 is 2.33 bits per heavy atom. The minimum atomic E-state index is 0.799. The van der Waals surface area contributed by atoms with Gasteiger partial charge in [-0.15, -0.1) is 11.3 Å². The topological polar surface area (TPSA) is 37.8 Å². The SMILES string of the molecule is c1cc2cnc(NCC3CC4CCC3C4)nc2s1. The number of hydrogen-bond acceptors (Lipinski definition) is 4. The summed E-state index contributed by atoms with van der Waals surface area (Å²) in [5.74, 6) is 3.63. The van der Waals surface area contributed by atoms with Crippen LogP contribution in [0.2, 0.25) is 0 Å². The van der Waals surface area contributed by atoms with Gasteiger partial charge < -0.3 is 5.32 Å². The Labute approximate surface area is 111 Å². The molecule has 2 fully saturated rings. The van der Waals surface area contributed by atoms with Crippen LogP contribution in [0.1, 0.15) is 25.7 Å². The predicted octanol–water partition coefficient (Wildman–Crippen LogP) is 3.54. The highest BCUT2D eigenvalue weighted by Gasteiger charge is 2.39. The number of anilines is 1. The van der Waals surface area contributed by atoms with Crippen LogP contribution in [-0.2, 0) is 0 Å². The van der Waals surface area contributed by atoms with Crippen molar-refractivity contribution >= 4 is 27.5 Å². The Kier molecular flexibility index (Phi) is 2.50. The predicted molar refractivity (Wildman–Crippen MR) is 74.8 cm³/mol. The van der Waals surface area contributed by atoms with Gasteiger partial charge in [-0.3, -0.25) is 0 Å². The number of nitrogens with zero attached hydrogens (tertiary/aromatic N) is 2. The summed E-state index contributed by atoms with van der Waals surface area (Å²) in [6.07, 6.45) is 7.72. The summed E-state index contributed by atoms with van der Waals surface area (Å²) < 4.78 is 0. The quantitative estimate of drug-likeness (QED) is 0.916. The van der Waals surface area contributed by atoms with Crippen molar-refractivity contribution in [3.05, 3.63) is 17.6 Å². The smallest absolute Gasteiger partial charge is 0.224 e. The van der Waals surface area contributed by atoms with Crippen LogP contribution >= 0.6 is 11.3 Å². The average molecular weight is 259 g/mol. The van der Waals surface area contributed by atoms with E-state index >= 15 is 0 Å². The Morgan fingerprint density at radius 3 is 3.17 bits per heavy atom. The Morgan fingerprint density at radius 1 is 1.33 bits per heavy atom. The van der Waals surface area contributed by atoms with Gasteiger partial charge in [-0.05, 0) is 48.5 Å². The van der Waals surface area contributed by atoms with Crippen LogP contribution in [-0.4, -0.2) is 16.5 Å². The summed E-state index contributed by atoms with van der Waals surface area (Å²) in [7, 11) is 0. The highest BCUT2D eigenvalue weighted by molar-refractivity contribution is 7.16.